The fourth-order valence-electron chi connectivity index (χ4n) is 2.62. The zero-order valence-electron chi connectivity index (χ0n) is 10.3. The van der Waals surface area contributed by atoms with E-state index in [1.807, 2.05) is 17.9 Å². The van der Waals surface area contributed by atoms with Crippen LogP contribution in [0, 0.1) is 0 Å². The summed E-state index contributed by atoms with van der Waals surface area (Å²) in [6.07, 6.45) is 1.93. The van der Waals surface area contributed by atoms with E-state index in [2.05, 4.69) is 40.4 Å². The lowest BCUT2D eigenvalue weighted by Crippen LogP contribution is -2.49. The van der Waals surface area contributed by atoms with Crippen molar-refractivity contribution in [2.45, 2.75) is 13.0 Å². The van der Waals surface area contributed by atoms with Crippen LogP contribution in [-0.2, 0) is 7.05 Å². The van der Waals surface area contributed by atoms with Crippen LogP contribution in [0.2, 0.25) is 0 Å². The maximum Gasteiger partial charge on any atom is 0.0912 e. The molecule has 1 unspecified atom stereocenters. The molecule has 4 heteroatoms. The summed E-state index contributed by atoms with van der Waals surface area (Å²) in [5.41, 5.74) is 2.54. The molecule has 0 spiro atoms. The number of nitrogens with zero attached hydrogens (tertiary/aromatic N) is 3. The number of piperazine rings is 1. The third-order valence-electron chi connectivity index (χ3n) is 3.45. The van der Waals surface area contributed by atoms with E-state index in [9.17, 15) is 0 Å². The van der Waals surface area contributed by atoms with Crippen LogP contribution in [0.25, 0.3) is 10.9 Å². The van der Waals surface area contributed by atoms with Gasteiger partial charge in [0.15, 0.2) is 0 Å². The second-order valence-corrected chi connectivity index (χ2v) is 4.78. The van der Waals surface area contributed by atoms with Gasteiger partial charge < -0.3 is 10.2 Å². The summed E-state index contributed by atoms with van der Waals surface area (Å²) in [6, 6.07) is 6.98. The van der Waals surface area contributed by atoms with Gasteiger partial charge in [0.25, 0.3) is 0 Å². The Morgan fingerprint density at radius 2 is 2.29 bits per heavy atom. The molecule has 4 nitrogen and oxygen atoms in total. The van der Waals surface area contributed by atoms with Crippen molar-refractivity contribution < 1.29 is 0 Å². The smallest absolute Gasteiger partial charge is 0.0912 e. The van der Waals surface area contributed by atoms with Crippen LogP contribution in [0.15, 0.2) is 24.4 Å². The number of rotatable bonds is 1. The Bertz CT molecular complexity index is 531. The van der Waals surface area contributed by atoms with E-state index in [1.54, 1.807) is 0 Å². The number of para-hydroxylation sites is 1. The Morgan fingerprint density at radius 3 is 3.12 bits per heavy atom. The van der Waals surface area contributed by atoms with Gasteiger partial charge in [-0.3, -0.25) is 4.68 Å². The van der Waals surface area contributed by atoms with Gasteiger partial charge in [-0.2, -0.15) is 5.10 Å². The number of aromatic nitrogens is 2. The molecule has 0 saturated carbocycles. The summed E-state index contributed by atoms with van der Waals surface area (Å²) in [7, 11) is 2.01. The lowest BCUT2D eigenvalue weighted by Gasteiger charge is -2.34. The van der Waals surface area contributed by atoms with E-state index in [-0.39, 0.29) is 0 Å². The van der Waals surface area contributed by atoms with Gasteiger partial charge in [0, 0.05) is 38.1 Å². The van der Waals surface area contributed by atoms with Gasteiger partial charge in [-0.25, -0.2) is 0 Å². The SMILES string of the molecule is CC1CN(c2cccc3cnn(C)c23)CCN1. The van der Waals surface area contributed by atoms with Crippen molar-refractivity contribution in [2.75, 3.05) is 24.5 Å². The number of fused-ring (bicyclic) bond motifs is 1. The van der Waals surface area contributed by atoms with Crippen molar-refractivity contribution in [2.24, 2.45) is 7.05 Å². The fourth-order valence-corrected chi connectivity index (χ4v) is 2.62. The molecule has 17 heavy (non-hydrogen) atoms. The van der Waals surface area contributed by atoms with E-state index in [0.29, 0.717) is 6.04 Å². The third-order valence-corrected chi connectivity index (χ3v) is 3.45. The molecule has 0 amide bonds. The van der Waals surface area contributed by atoms with Crippen LogP contribution >= 0.6 is 0 Å². The van der Waals surface area contributed by atoms with E-state index in [4.69, 9.17) is 0 Å². The van der Waals surface area contributed by atoms with Crippen molar-refractivity contribution in [3.8, 4) is 0 Å². The van der Waals surface area contributed by atoms with E-state index >= 15 is 0 Å². The van der Waals surface area contributed by atoms with Crippen LogP contribution in [0.1, 0.15) is 6.92 Å². The van der Waals surface area contributed by atoms with Gasteiger partial charge in [-0.05, 0) is 13.0 Å². The molecule has 1 saturated heterocycles. The summed E-state index contributed by atoms with van der Waals surface area (Å²) in [5, 5.41) is 9.04. The molecule has 1 aliphatic rings. The van der Waals surface area contributed by atoms with Crippen molar-refractivity contribution in [3.05, 3.63) is 24.4 Å². The fraction of sp³-hybridized carbons (Fsp3) is 0.462. The normalized spacial score (nSPS) is 21.1. The highest BCUT2D eigenvalue weighted by atomic mass is 15.3. The molecule has 2 aromatic rings. The van der Waals surface area contributed by atoms with Crippen molar-refractivity contribution >= 4 is 16.6 Å². The summed E-state index contributed by atoms with van der Waals surface area (Å²) in [4.78, 5) is 2.45. The Morgan fingerprint density at radius 1 is 1.41 bits per heavy atom. The van der Waals surface area contributed by atoms with E-state index in [1.165, 1.54) is 16.6 Å². The average molecular weight is 230 g/mol. The number of hydrogen-bond acceptors (Lipinski definition) is 3. The standard InChI is InChI=1S/C13H18N4/c1-10-9-17(7-6-14-10)12-5-3-4-11-8-15-16(2)13(11)12/h3-5,8,10,14H,6-7,9H2,1-2H3. The first kappa shape index (κ1) is 10.6. The van der Waals surface area contributed by atoms with E-state index < -0.39 is 0 Å². The minimum Gasteiger partial charge on any atom is -0.367 e. The summed E-state index contributed by atoms with van der Waals surface area (Å²) in [5.74, 6) is 0. The predicted octanol–water partition coefficient (Wildman–Crippen LogP) is 1.37. The molecule has 3 rings (SSSR count). The second kappa shape index (κ2) is 4.04. The minimum absolute atomic E-state index is 0.548. The molecule has 1 aliphatic heterocycles. The highest BCUT2D eigenvalue weighted by Crippen LogP contribution is 2.26. The highest BCUT2D eigenvalue weighted by molar-refractivity contribution is 5.91. The second-order valence-electron chi connectivity index (χ2n) is 4.78. The zero-order chi connectivity index (χ0) is 11.8. The van der Waals surface area contributed by atoms with Gasteiger partial charge in [0.1, 0.15) is 0 Å². The molecule has 0 bridgehead atoms. The maximum atomic E-state index is 4.34. The topological polar surface area (TPSA) is 33.1 Å². The molecule has 0 radical (unpaired) electrons. The summed E-state index contributed by atoms with van der Waals surface area (Å²) >= 11 is 0. The van der Waals surface area contributed by atoms with Crippen LogP contribution in [0.4, 0.5) is 5.69 Å². The van der Waals surface area contributed by atoms with Gasteiger partial charge in [0.05, 0.1) is 17.4 Å². The molecule has 1 N–H and O–H groups in total. The largest absolute Gasteiger partial charge is 0.367 e. The highest BCUT2D eigenvalue weighted by Gasteiger charge is 2.18. The van der Waals surface area contributed by atoms with Crippen molar-refractivity contribution in [1.82, 2.24) is 15.1 Å². The molecule has 1 atom stereocenters. The predicted molar refractivity (Wildman–Crippen MR) is 70.4 cm³/mol. The van der Waals surface area contributed by atoms with Gasteiger partial charge in [0.2, 0.25) is 0 Å². The first-order valence-electron chi connectivity index (χ1n) is 6.15. The van der Waals surface area contributed by atoms with E-state index in [0.717, 1.165) is 19.6 Å². The molecular weight excluding hydrogens is 212 g/mol. The molecule has 1 aromatic heterocycles. The van der Waals surface area contributed by atoms with Gasteiger partial charge in [-0.1, -0.05) is 12.1 Å². The van der Waals surface area contributed by atoms with Crippen molar-refractivity contribution in [1.29, 1.82) is 0 Å². The third kappa shape index (κ3) is 1.78. The molecular formula is C13H18N4. The Hall–Kier alpha value is -1.55. The number of hydrogen-bond donors (Lipinski definition) is 1. The monoisotopic (exact) mass is 230 g/mol. The molecule has 1 aromatic carbocycles. The maximum absolute atomic E-state index is 4.34. The molecule has 1 fully saturated rings. The van der Waals surface area contributed by atoms with Crippen molar-refractivity contribution in [3.63, 3.8) is 0 Å². The lowest BCUT2D eigenvalue weighted by molar-refractivity contribution is 0.485. The number of nitrogens with one attached hydrogen (secondary N) is 1. The first-order chi connectivity index (χ1) is 8.25. The van der Waals surface area contributed by atoms with Crippen LogP contribution in [0.5, 0.6) is 0 Å². The summed E-state index contributed by atoms with van der Waals surface area (Å²) in [6.45, 7) is 5.41. The molecule has 0 aliphatic carbocycles. The summed E-state index contributed by atoms with van der Waals surface area (Å²) < 4.78 is 1.97. The Balaban J connectivity index is 2.07. The number of aryl methyl sites for hydroxylation is 1. The Kier molecular flexibility index (Phi) is 2.52. The Labute approximate surface area is 101 Å². The van der Waals surface area contributed by atoms with Crippen LogP contribution in [0.3, 0.4) is 0 Å². The minimum atomic E-state index is 0.548. The van der Waals surface area contributed by atoms with Crippen LogP contribution in [-0.4, -0.2) is 35.5 Å². The number of anilines is 1. The zero-order valence-corrected chi connectivity index (χ0v) is 10.3. The first-order valence-corrected chi connectivity index (χ1v) is 6.15. The van der Waals surface area contributed by atoms with Gasteiger partial charge in [-0.15, -0.1) is 0 Å². The quantitative estimate of drug-likeness (QED) is 0.803. The lowest BCUT2D eigenvalue weighted by atomic mass is 10.1. The molecule has 90 valence electrons. The number of benzene rings is 1. The average Bonchev–Trinajstić information content (AvgIpc) is 2.71. The molecule has 2 heterocycles. The van der Waals surface area contributed by atoms with Gasteiger partial charge >= 0.3 is 0 Å². The van der Waals surface area contributed by atoms with Crippen LogP contribution < -0.4 is 10.2 Å².